The standard InChI is InChI=1S/C10H15.C7H12O2.2ClH.Ti/c1-7-6-10(4,5)9(3)8(7)2;8-7(9)6-4-2-1-3-5-6;;;/h1-5H3;6H,1-5H2,(H,8,9);2*1H;/q-1;;;;+3/p-2. The number of hydrogen-bond donors (Lipinski definition) is 1. The summed E-state index contributed by atoms with van der Waals surface area (Å²) in [6, 6.07) is 0. The second kappa shape index (κ2) is 11.7. The first kappa shape index (κ1) is 27.1. The molecule has 2 aliphatic rings. The van der Waals surface area contributed by atoms with Gasteiger partial charge in [-0.1, -0.05) is 52.4 Å². The zero-order chi connectivity index (χ0) is 14.6. The molecule has 0 aromatic rings. The van der Waals surface area contributed by atoms with E-state index in [1.54, 1.807) is 0 Å². The van der Waals surface area contributed by atoms with Crippen molar-refractivity contribution >= 4 is 5.97 Å². The van der Waals surface area contributed by atoms with Crippen molar-refractivity contribution in [2.24, 2.45) is 11.3 Å². The number of allylic oxidation sites excluding steroid dienone is 4. The molecule has 0 spiro atoms. The third kappa shape index (κ3) is 7.68. The number of halogens is 2. The van der Waals surface area contributed by atoms with Crippen LogP contribution in [0.5, 0.6) is 0 Å². The summed E-state index contributed by atoms with van der Waals surface area (Å²) in [4.78, 5) is 10.4. The van der Waals surface area contributed by atoms with Gasteiger partial charge in [0.05, 0.1) is 5.92 Å². The van der Waals surface area contributed by atoms with E-state index < -0.39 is 5.97 Å². The van der Waals surface area contributed by atoms with Gasteiger partial charge in [0, 0.05) is 0 Å². The molecule has 0 atom stereocenters. The molecule has 1 N–H and O–H groups in total. The number of rotatable bonds is 1. The molecular weight excluding hydrogens is 355 g/mol. The van der Waals surface area contributed by atoms with Crippen LogP contribution in [0.15, 0.2) is 16.7 Å². The molecule has 125 valence electrons. The topological polar surface area (TPSA) is 37.3 Å². The molecule has 2 nitrogen and oxygen atoms in total. The summed E-state index contributed by atoms with van der Waals surface area (Å²) < 4.78 is 0. The zero-order valence-corrected chi connectivity index (χ0v) is 17.3. The van der Waals surface area contributed by atoms with E-state index in [1.807, 2.05) is 0 Å². The Hall–Kier alpha value is 0.244. The predicted molar refractivity (Wildman–Crippen MR) is 78.8 cm³/mol. The van der Waals surface area contributed by atoms with Crippen LogP contribution in [0.2, 0.25) is 0 Å². The fourth-order valence-corrected chi connectivity index (χ4v) is 2.76. The molecule has 0 aromatic heterocycles. The van der Waals surface area contributed by atoms with Crippen molar-refractivity contribution in [1.82, 2.24) is 0 Å². The van der Waals surface area contributed by atoms with Gasteiger partial charge in [0.2, 0.25) is 0 Å². The Morgan fingerprint density at radius 3 is 1.73 bits per heavy atom. The van der Waals surface area contributed by atoms with Crippen LogP contribution >= 0.6 is 0 Å². The van der Waals surface area contributed by atoms with Gasteiger partial charge in [0.15, 0.2) is 0 Å². The molecular formula is C17H27Cl2O2Ti. The Bertz CT molecular complexity index is 409. The maximum Gasteiger partial charge on any atom is 3.00 e. The normalized spacial score (nSPS) is 19.6. The van der Waals surface area contributed by atoms with Crippen LogP contribution in [0.1, 0.15) is 66.7 Å². The summed E-state index contributed by atoms with van der Waals surface area (Å²) >= 11 is 0. The van der Waals surface area contributed by atoms with E-state index in [0.717, 1.165) is 25.7 Å². The summed E-state index contributed by atoms with van der Waals surface area (Å²) in [7, 11) is 0. The molecule has 22 heavy (non-hydrogen) atoms. The summed E-state index contributed by atoms with van der Waals surface area (Å²) in [6.45, 7) is 10.9. The molecule has 0 aliphatic heterocycles. The number of carboxylic acid groups (broad SMARTS) is 1. The minimum absolute atomic E-state index is 0. The first-order valence-electron chi connectivity index (χ1n) is 7.28. The molecule has 2 aliphatic carbocycles. The van der Waals surface area contributed by atoms with E-state index in [-0.39, 0.29) is 57.9 Å². The van der Waals surface area contributed by atoms with E-state index >= 15 is 0 Å². The second-order valence-corrected chi connectivity index (χ2v) is 6.30. The maximum absolute atomic E-state index is 10.4. The monoisotopic (exact) mass is 381 g/mol. The smallest absolute Gasteiger partial charge is 1.00 e. The van der Waals surface area contributed by atoms with Gasteiger partial charge in [-0.3, -0.25) is 10.9 Å². The van der Waals surface area contributed by atoms with Gasteiger partial charge in [0.1, 0.15) is 0 Å². The number of carbonyl (C=O) groups is 1. The number of hydrogen-bond acceptors (Lipinski definition) is 1. The van der Waals surface area contributed by atoms with E-state index in [4.69, 9.17) is 5.11 Å². The molecule has 0 unspecified atom stereocenters. The fourth-order valence-electron chi connectivity index (χ4n) is 2.76. The molecule has 1 fully saturated rings. The number of aliphatic carboxylic acids is 1. The maximum atomic E-state index is 10.4. The third-order valence-corrected chi connectivity index (χ3v) is 4.52. The summed E-state index contributed by atoms with van der Waals surface area (Å²) in [5, 5.41) is 8.54. The van der Waals surface area contributed by atoms with E-state index in [9.17, 15) is 4.79 Å². The van der Waals surface area contributed by atoms with Gasteiger partial charge in [-0.05, 0) is 12.8 Å². The van der Waals surface area contributed by atoms with Crippen LogP contribution in [0.4, 0.5) is 0 Å². The first-order chi connectivity index (χ1) is 8.75. The van der Waals surface area contributed by atoms with Gasteiger partial charge in [-0.25, -0.2) is 5.57 Å². The molecule has 0 bridgehead atoms. The van der Waals surface area contributed by atoms with Crippen LogP contribution in [0, 0.1) is 17.4 Å². The van der Waals surface area contributed by atoms with Gasteiger partial charge < -0.3 is 29.9 Å². The molecule has 1 saturated carbocycles. The molecule has 0 amide bonds. The van der Waals surface area contributed by atoms with Gasteiger partial charge in [-0.15, -0.1) is 6.92 Å². The predicted octanol–water partition coefficient (Wildman–Crippen LogP) is -1.23. The van der Waals surface area contributed by atoms with Crippen molar-refractivity contribution in [3.8, 4) is 0 Å². The van der Waals surface area contributed by atoms with Crippen LogP contribution in [-0.2, 0) is 26.5 Å². The van der Waals surface area contributed by atoms with Gasteiger partial charge in [-0.2, -0.15) is 11.1 Å². The Morgan fingerprint density at radius 2 is 1.55 bits per heavy atom. The third-order valence-electron chi connectivity index (χ3n) is 4.52. The summed E-state index contributed by atoms with van der Waals surface area (Å²) in [5.41, 5.74) is 4.39. The molecule has 0 aromatic carbocycles. The van der Waals surface area contributed by atoms with Gasteiger partial charge in [0.25, 0.3) is 0 Å². The van der Waals surface area contributed by atoms with Crippen LogP contribution < -0.4 is 24.8 Å². The van der Waals surface area contributed by atoms with Crippen molar-refractivity contribution in [1.29, 1.82) is 0 Å². The summed E-state index contributed by atoms with van der Waals surface area (Å²) in [6.07, 6.45) is 8.67. The van der Waals surface area contributed by atoms with Gasteiger partial charge >= 0.3 is 27.7 Å². The largest absolute Gasteiger partial charge is 3.00 e. The minimum Gasteiger partial charge on any atom is -1.00 e. The molecule has 2 rings (SSSR count). The molecule has 0 saturated heterocycles. The van der Waals surface area contributed by atoms with Crippen molar-refractivity contribution in [2.45, 2.75) is 66.7 Å². The van der Waals surface area contributed by atoms with Crippen molar-refractivity contribution in [3.05, 3.63) is 22.8 Å². The summed E-state index contributed by atoms with van der Waals surface area (Å²) in [5.74, 6) is -0.631. The average Bonchev–Trinajstić information content (AvgIpc) is 2.54. The van der Waals surface area contributed by atoms with Crippen molar-refractivity contribution in [2.75, 3.05) is 0 Å². The number of carboxylic acids is 1. The zero-order valence-electron chi connectivity index (χ0n) is 14.2. The van der Waals surface area contributed by atoms with E-state index in [2.05, 4.69) is 40.7 Å². The Kier molecular flexibility index (Phi) is 14.5. The van der Waals surface area contributed by atoms with Crippen LogP contribution in [-0.4, -0.2) is 11.1 Å². The SMILES string of the molecule is CC1=[C-]C(C)(C)C(C)=C1C.O=C(O)C1CCCCC1.[Cl-].[Cl-].[Ti+3]. The average molecular weight is 382 g/mol. The van der Waals surface area contributed by atoms with Crippen LogP contribution in [0.3, 0.4) is 0 Å². The molecule has 1 radical (unpaired) electrons. The molecule has 0 heterocycles. The first-order valence-corrected chi connectivity index (χ1v) is 7.28. The minimum atomic E-state index is -0.602. The van der Waals surface area contributed by atoms with Crippen LogP contribution in [0.25, 0.3) is 0 Å². The molecule has 5 heteroatoms. The van der Waals surface area contributed by atoms with Crippen molar-refractivity contribution in [3.63, 3.8) is 0 Å². The quantitative estimate of drug-likeness (QED) is 0.456. The second-order valence-electron chi connectivity index (χ2n) is 6.30. The Balaban J connectivity index is -0.000000290. The van der Waals surface area contributed by atoms with E-state index in [0.29, 0.717) is 0 Å². The van der Waals surface area contributed by atoms with E-state index in [1.165, 1.54) is 23.1 Å². The Labute approximate surface area is 162 Å². The van der Waals surface area contributed by atoms with Crippen molar-refractivity contribution < 1.29 is 56.4 Å². The Morgan fingerprint density at radius 1 is 1.09 bits per heavy atom. The fraction of sp³-hybridized carbons (Fsp3) is 0.706.